The second-order valence-corrected chi connectivity index (χ2v) is 20.6. The van der Waals surface area contributed by atoms with Crippen LogP contribution in [0.5, 0.6) is 0 Å². The zero-order valence-electron chi connectivity index (χ0n) is 35.1. The maximum Gasteiger partial charge on any atom is 0.512 e. The predicted molar refractivity (Wildman–Crippen MR) is 236 cm³/mol. The summed E-state index contributed by atoms with van der Waals surface area (Å²) in [6.45, 7) is 11.6. The molecule has 6 rings (SSSR count). The third-order valence-corrected chi connectivity index (χ3v) is 15.1. The Kier molecular flexibility index (Phi) is 13.6. The fourth-order valence-electron chi connectivity index (χ4n) is 6.88. The van der Waals surface area contributed by atoms with E-state index in [9.17, 15) is 43.2 Å². The van der Waals surface area contributed by atoms with E-state index in [2.05, 4.69) is 15.4 Å². The minimum Gasteiger partial charge on any atom is -0.456 e. The molecule has 0 aromatic heterocycles. The van der Waals surface area contributed by atoms with Crippen molar-refractivity contribution in [3.63, 3.8) is 0 Å². The van der Waals surface area contributed by atoms with Crippen LogP contribution in [0.25, 0.3) is 33.4 Å². The SMILES string of the molecule is CCC(C)C(=O)NCCCNS(=O)(=O)c1cc(C)c(N=c2ccc3c(-c4cccc(S(=O)(=O)NS(=O)(=O)C(F)(F)F)c4)c4ccc(Nc5c(C)cccc5C)cc4oc-3c2)c(C)c1. The maximum atomic E-state index is 13.2. The summed E-state index contributed by atoms with van der Waals surface area (Å²) in [6, 6.07) is 24.0. The van der Waals surface area contributed by atoms with Crippen LogP contribution in [-0.4, -0.2) is 49.8 Å². The molecule has 1 amide bonds. The number of benzene rings is 5. The molecule has 0 saturated carbocycles. The Bertz CT molecular complexity index is 3070. The van der Waals surface area contributed by atoms with Crippen LogP contribution in [0.4, 0.5) is 30.2 Å². The predicted octanol–water partition coefficient (Wildman–Crippen LogP) is 8.37. The molecule has 0 bridgehead atoms. The molecule has 0 saturated heterocycles. The number of halogens is 3. The van der Waals surface area contributed by atoms with Crippen LogP contribution in [0, 0.1) is 33.6 Å². The van der Waals surface area contributed by atoms with Crippen LogP contribution in [0.2, 0.25) is 0 Å². The Balaban J connectivity index is 1.41. The van der Waals surface area contributed by atoms with Gasteiger partial charge in [-0.2, -0.15) is 13.2 Å². The van der Waals surface area contributed by atoms with Gasteiger partial charge in [0, 0.05) is 59.0 Å². The van der Waals surface area contributed by atoms with Crippen molar-refractivity contribution in [2.24, 2.45) is 10.9 Å². The lowest BCUT2D eigenvalue weighted by atomic mass is 9.93. The number of carbonyl (C=O) groups is 1. The highest BCUT2D eigenvalue weighted by atomic mass is 32.3. The number of anilines is 2. The lowest BCUT2D eigenvalue weighted by Crippen LogP contribution is -2.40. The van der Waals surface area contributed by atoms with Gasteiger partial charge in [0.2, 0.25) is 15.9 Å². The van der Waals surface area contributed by atoms with Crippen LogP contribution < -0.4 is 24.8 Å². The highest BCUT2D eigenvalue weighted by molar-refractivity contribution is 8.05. The molecular formula is C44H46F3N5O8S3. The van der Waals surface area contributed by atoms with Gasteiger partial charge < -0.3 is 15.1 Å². The number of para-hydroxylation sites is 1. The Labute approximate surface area is 364 Å². The number of aryl methyl sites for hydroxylation is 4. The van der Waals surface area contributed by atoms with E-state index in [-0.39, 0.29) is 34.6 Å². The van der Waals surface area contributed by atoms with Crippen molar-refractivity contribution in [2.45, 2.75) is 69.7 Å². The van der Waals surface area contributed by atoms with Crippen molar-refractivity contribution in [2.75, 3.05) is 18.4 Å². The minimum absolute atomic E-state index is 0.0467. The van der Waals surface area contributed by atoms with E-state index >= 15 is 0 Å². The van der Waals surface area contributed by atoms with E-state index in [4.69, 9.17) is 9.41 Å². The Morgan fingerprint density at radius 2 is 1.43 bits per heavy atom. The highest BCUT2D eigenvalue weighted by Crippen LogP contribution is 2.42. The second kappa shape index (κ2) is 18.2. The Morgan fingerprint density at radius 1 is 0.762 bits per heavy atom. The Morgan fingerprint density at radius 3 is 2.08 bits per heavy atom. The van der Waals surface area contributed by atoms with E-state index in [0.717, 1.165) is 33.1 Å². The first-order valence-electron chi connectivity index (χ1n) is 19.7. The summed E-state index contributed by atoms with van der Waals surface area (Å²) in [7, 11) is -15.4. The van der Waals surface area contributed by atoms with Gasteiger partial charge in [-0.25, -0.2) is 35.0 Å². The quantitative estimate of drug-likeness (QED) is 0.0579. The molecule has 1 aliphatic heterocycles. The molecule has 1 heterocycles. The summed E-state index contributed by atoms with van der Waals surface area (Å²) < 4.78 is 126. The zero-order valence-corrected chi connectivity index (χ0v) is 37.6. The molecule has 63 heavy (non-hydrogen) atoms. The average molecular weight is 926 g/mol. The lowest BCUT2D eigenvalue weighted by Gasteiger charge is -2.18. The van der Waals surface area contributed by atoms with E-state index in [0.29, 0.717) is 69.3 Å². The number of carbonyl (C=O) groups excluding carboxylic acids is 1. The molecule has 0 spiro atoms. The van der Waals surface area contributed by atoms with Gasteiger partial charge in [-0.3, -0.25) is 4.79 Å². The van der Waals surface area contributed by atoms with Crippen molar-refractivity contribution in [3.05, 3.63) is 119 Å². The van der Waals surface area contributed by atoms with Crippen molar-refractivity contribution in [1.82, 2.24) is 14.2 Å². The zero-order chi connectivity index (χ0) is 46.1. The molecule has 334 valence electrons. The molecular weight excluding hydrogens is 880 g/mol. The van der Waals surface area contributed by atoms with E-state index in [1.807, 2.05) is 45.9 Å². The van der Waals surface area contributed by atoms with Gasteiger partial charge in [0.05, 0.1) is 20.8 Å². The first-order chi connectivity index (χ1) is 29.5. The highest BCUT2D eigenvalue weighted by Gasteiger charge is 2.48. The summed E-state index contributed by atoms with van der Waals surface area (Å²) >= 11 is 0. The van der Waals surface area contributed by atoms with Gasteiger partial charge in [-0.15, -0.1) is 0 Å². The van der Waals surface area contributed by atoms with Crippen LogP contribution >= 0.6 is 0 Å². The van der Waals surface area contributed by atoms with Gasteiger partial charge in [0.1, 0.15) is 11.3 Å². The molecule has 4 aromatic carbocycles. The lowest BCUT2D eigenvalue weighted by molar-refractivity contribution is -0.124. The molecule has 13 nitrogen and oxygen atoms in total. The number of fused-ring (bicyclic) bond motifs is 2. The van der Waals surface area contributed by atoms with Crippen molar-refractivity contribution >= 4 is 64.0 Å². The fraction of sp³-hybridized carbons (Fsp3) is 0.273. The molecule has 1 atom stereocenters. The molecule has 1 unspecified atom stereocenters. The number of alkyl halides is 3. The summed E-state index contributed by atoms with van der Waals surface area (Å²) in [5.74, 6) is 0.0682. The van der Waals surface area contributed by atoms with Crippen molar-refractivity contribution in [1.29, 1.82) is 0 Å². The summed E-state index contributed by atoms with van der Waals surface area (Å²) in [4.78, 5) is 16.2. The van der Waals surface area contributed by atoms with Gasteiger partial charge >= 0.3 is 15.5 Å². The van der Waals surface area contributed by atoms with Gasteiger partial charge in [0.25, 0.3) is 10.0 Å². The van der Waals surface area contributed by atoms with Crippen LogP contribution in [0.15, 0.2) is 110 Å². The number of amides is 1. The maximum absolute atomic E-state index is 13.2. The normalized spacial score (nSPS) is 13.4. The molecule has 0 radical (unpaired) electrons. The minimum atomic E-state index is -6.26. The summed E-state index contributed by atoms with van der Waals surface area (Å²) in [5, 5.41) is 7.14. The molecule has 2 aliphatic rings. The van der Waals surface area contributed by atoms with Crippen molar-refractivity contribution < 1.29 is 47.6 Å². The average Bonchev–Trinajstić information content (AvgIpc) is 3.21. The fourth-order valence-corrected chi connectivity index (χ4v) is 10.6. The van der Waals surface area contributed by atoms with Crippen molar-refractivity contribution in [3.8, 4) is 22.5 Å². The molecule has 19 heteroatoms. The number of nitrogens with zero attached hydrogens (tertiary/aromatic N) is 1. The third kappa shape index (κ3) is 10.4. The number of nitrogens with one attached hydrogen (secondary N) is 4. The van der Waals surface area contributed by atoms with Crippen LogP contribution in [0.1, 0.15) is 48.9 Å². The second-order valence-electron chi connectivity index (χ2n) is 15.2. The number of sulfonamides is 3. The molecule has 4 aromatic rings. The van der Waals surface area contributed by atoms with Gasteiger partial charge in [-0.05, 0) is 117 Å². The van der Waals surface area contributed by atoms with Crippen LogP contribution in [0.3, 0.4) is 0 Å². The first kappa shape index (κ1) is 46.9. The van der Waals surface area contributed by atoms with Gasteiger partial charge in [0.15, 0.2) is 0 Å². The number of hydrogen-bond acceptors (Lipinski definition) is 10. The first-order valence-corrected chi connectivity index (χ1v) is 24.2. The standard InChI is InChI=1S/C44H46F3N5O8S3/c1-7-26(2)43(53)48-19-10-20-49-61(54,55)35-21-29(5)42(30(6)22-35)51-33-16-18-37-39(25-33)60-38-24-32(50-41-27(3)11-8-12-28(41)4)15-17-36(38)40(37)31-13-9-14-34(23-31)62(56,57)52-63(58,59)44(45,46)47/h8-9,11-18,21-26,49-50,52H,7,10,19-20H2,1-6H3,(H,48,53). The van der Waals surface area contributed by atoms with E-state index < -0.39 is 40.5 Å². The van der Waals surface area contributed by atoms with Crippen LogP contribution in [-0.2, 0) is 34.9 Å². The van der Waals surface area contributed by atoms with E-state index in [1.165, 1.54) is 24.3 Å². The molecule has 1 aliphatic carbocycles. The summed E-state index contributed by atoms with van der Waals surface area (Å²) in [5.41, 5.74) is 0.708. The molecule has 4 N–H and O–H groups in total. The number of rotatable bonds is 15. The summed E-state index contributed by atoms with van der Waals surface area (Å²) in [6.07, 6.45) is 1.10. The third-order valence-electron chi connectivity index (χ3n) is 10.4. The monoisotopic (exact) mass is 925 g/mol. The Hall–Kier alpha value is -5.60. The molecule has 0 fully saturated rings. The smallest absolute Gasteiger partial charge is 0.456 e. The largest absolute Gasteiger partial charge is 0.512 e. The number of hydrogen-bond donors (Lipinski definition) is 4. The topological polar surface area (TPSA) is 193 Å². The van der Waals surface area contributed by atoms with E-state index in [1.54, 1.807) is 50.2 Å². The van der Waals surface area contributed by atoms with Gasteiger partial charge in [-0.1, -0.05) is 48.3 Å².